The van der Waals surface area contributed by atoms with E-state index in [0.717, 1.165) is 32.1 Å². The maximum Gasteiger partial charge on any atom is 0.307 e. The summed E-state index contributed by atoms with van der Waals surface area (Å²) in [5, 5.41) is 9.05. The second-order valence-corrected chi connectivity index (χ2v) is 4.49. The summed E-state index contributed by atoms with van der Waals surface area (Å²) in [6.45, 7) is 3.92. The first-order chi connectivity index (χ1) is 8.15. The van der Waals surface area contributed by atoms with Crippen molar-refractivity contribution in [3.63, 3.8) is 0 Å². The van der Waals surface area contributed by atoms with Crippen LogP contribution in [0.4, 0.5) is 0 Å². The van der Waals surface area contributed by atoms with Crippen molar-refractivity contribution in [2.24, 2.45) is 11.8 Å². The highest BCUT2D eigenvalue weighted by atomic mass is 16.5. The molecule has 1 saturated carbocycles. The summed E-state index contributed by atoms with van der Waals surface area (Å²) < 4.78 is 4.99. The van der Waals surface area contributed by atoms with Crippen LogP contribution in [0.1, 0.15) is 38.5 Å². The average Bonchev–Trinajstić information content (AvgIpc) is 2.21. The molecule has 0 amide bonds. The molecule has 0 aromatic heterocycles. The SMILES string of the molecule is C=CCCCOC(=O)CC(C(=O)O)C1CCC1. The zero-order valence-corrected chi connectivity index (χ0v) is 10.1. The third-order valence-corrected chi connectivity index (χ3v) is 3.24. The Morgan fingerprint density at radius 2 is 2.18 bits per heavy atom. The van der Waals surface area contributed by atoms with Gasteiger partial charge in [-0.2, -0.15) is 0 Å². The molecule has 1 atom stereocenters. The third kappa shape index (κ3) is 4.59. The molecule has 1 N–H and O–H groups in total. The van der Waals surface area contributed by atoms with Gasteiger partial charge in [0.2, 0.25) is 0 Å². The molecule has 96 valence electrons. The van der Waals surface area contributed by atoms with Gasteiger partial charge >= 0.3 is 11.9 Å². The highest BCUT2D eigenvalue weighted by Crippen LogP contribution is 2.35. The minimum atomic E-state index is -0.877. The highest BCUT2D eigenvalue weighted by molar-refractivity contribution is 5.79. The molecule has 0 aromatic carbocycles. The molecule has 1 rings (SSSR count). The number of rotatable bonds is 8. The fourth-order valence-electron chi connectivity index (χ4n) is 1.95. The van der Waals surface area contributed by atoms with E-state index < -0.39 is 17.9 Å². The van der Waals surface area contributed by atoms with Gasteiger partial charge in [-0.05, 0) is 31.6 Å². The normalized spacial score (nSPS) is 16.9. The number of ether oxygens (including phenoxy) is 1. The smallest absolute Gasteiger partial charge is 0.307 e. The van der Waals surface area contributed by atoms with Gasteiger partial charge in [-0.3, -0.25) is 9.59 Å². The van der Waals surface area contributed by atoms with Gasteiger partial charge in [0, 0.05) is 0 Å². The Morgan fingerprint density at radius 3 is 2.65 bits per heavy atom. The average molecular weight is 240 g/mol. The van der Waals surface area contributed by atoms with Gasteiger partial charge in [0.05, 0.1) is 18.9 Å². The quantitative estimate of drug-likeness (QED) is 0.402. The van der Waals surface area contributed by atoms with Crippen molar-refractivity contribution in [3.05, 3.63) is 12.7 Å². The van der Waals surface area contributed by atoms with Crippen LogP contribution in [0.3, 0.4) is 0 Å². The number of carbonyl (C=O) groups excluding carboxylic acids is 1. The molecule has 1 aliphatic carbocycles. The Balaban J connectivity index is 2.26. The second-order valence-electron chi connectivity index (χ2n) is 4.49. The number of carbonyl (C=O) groups is 2. The van der Waals surface area contributed by atoms with E-state index in [-0.39, 0.29) is 12.3 Å². The van der Waals surface area contributed by atoms with Crippen LogP contribution in [0.25, 0.3) is 0 Å². The van der Waals surface area contributed by atoms with Gasteiger partial charge in [0.1, 0.15) is 0 Å². The fraction of sp³-hybridized carbons (Fsp3) is 0.692. The molecular weight excluding hydrogens is 220 g/mol. The van der Waals surface area contributed by atoms with Gasteiger partial charge in [0.15, 0.2) is 0 Å². The standard InChI is InChI=1S/C13H20O4/c1-2-3-4-8-17-12(14)9-11(13(15)16)10-6-5-7-10/h2,10-11H,1,3-9H2,(H,15,16). The summed E-state index contributed by atoms with van der Waals surface area (Å²) >= 11 is 0. The van der Waals surface area contributed by atoms with E-state index in [1.54, 1.807) is 6.08 Å². The molecule has 0 aliphatic heterocycles. The number of carboxylic acids is 1. The van der Waals surface area contributed by atoms with Crippen LogP contribution in [-0.2, 0) is 14.3 Å². The van der Waals surface area contributed by atoms with Crippen LogP contribution in [0.2, 0.25) is 0 Å². The van der Waals surface area contributed by atoms with Crippen molar-refractivity contribution in [3.8, 4) is 0 Å². The Bertz CT molecular complexity index is 281. The zero-order chi connectivity index (χ0) is 12.7. The molecule has 0 saturated heterocycles. The summed E-state index contributed by atoms with van der Waals surface area (Å²) in [6.07, 6.45) is 6.23. The van der Waals surface area contributed by atoms with Crippen molar-refractivity contribution in [1.29, 1.82) is 0 Å². The predicted molar refractivity (Wildman–Crippen MR) is 63.5 cm³/mol. The number of hydrogen-bond donors (Lipinski definition) is 1. The summed E-state index contributed by atoms with van der Waals surface area (Å²) in [5.74, 6) is -1.67. The lowest BCUT2D eigenvalue weighted by Crippen LogP contribution is -2.31. The lowest BCUT2D eigenvalue weighted by atomic mass is 9.74. The summed E-state index contributed by atoms with van der Waals surface area (Å²) in [6, 6.07) is 0. The fourth-order valence-corrected chi connectivity index (χ4v) is 1.95. The van der Waals surface area contributed by atoms with Crippen LogP contribution in [0.15, 0.2) is 12.7 Å². The number of allylic oxidation sites excluding steroid dienone is 1. The molecule has 17 heavy (non-hydrogen) atoms. The number of carboxylic acid groups (broad SMARTS) is 1. The van der Waals surface area contributed by atoms with E-state index in [2.05, 4.69) is 6.58 Å². The lowest BCUT2D eigenvalue weighted by molar-refractivity contribution is -0.154. The van der Waals surface area contributed by atoms with Crippen LogP contribution in [-0.4, -0.2) is 23.7 Å². The number of aliphatic carboxylic acids is 1. The molecule has 4 nitrogen and oxygen atoms in total. The van der Waals surface area contributed by atoms with E-state index >= 15 is 0 Å². The molecule has 4 heteroatoms. The van der Waals surface area contributed by atoms with E-state index in [4.69, 9.17) is 9.84 Å². The molecule has 0 radical (unpaired) electrons. The van der Waals surface area contributed by atoms with E-state index in [1.165, 1.54) is 0 Å². The molecule has 0 aromatic rings. The number of unbranched alkanes of at least 4 members (excludes halogenated alkanes) is 1. The van der Waals surface area contributed by atoms with E-state index in [0.29, 0.717) is 6.61 Å². The molecule has 0 heterocycles. The Morgan fingerprint density at radius 1 is 1.47 bits per heavy atom. The van der Waals surface area contributed by atoms with E-state index in [1.807, 2.05) is 0 Å². The first kappa shape index (κ1) is 13.7. The van der Waals surface area contributed by atoms with Crippen molar-refractivity contribution >= 4 is 11.9 Å². The van der Waals surface area contributed by atoms with Crippen LogP contribution in [0, 0.1) is 11.8 Å². The summed E-state index contributed by atoms with van der Waals surface area (Å²) in [7, 11) is 0. The van der Waals surface area contributed by atoms with Crippen molar-refractivity contribution in [2.45, 2.75) is 38.5 Å². The first-order valence-electron chi connectivity index (χ1n) is 6.14. The van der Waals surface area contributed by atoms with Gasteiger partial charge in [0.25, 0.3) is 0 Å². The maximum absolute atomic E-state index is 11.5. The van der Waals surface area contributed by atoms with Crippen molar-refractivity contribution < 1.29 is 19.4 Å². The highest BCUT2D eigenvalue weighted by Gasteiger charge is 2.34. The monoisotopic (exact) mass is 240 g/mol. The molecule has 0 bridgehead atoms. The minimum Gasteiger partial charge on any atom is -0.481 e. The summed E-state index contributed by atoms with van der Waals surface area (Å²) in [5.41, 5.74) is 0. The van der Waals surface area contributed by atoms with Gasteiger partial charge < -0.3 is 9.84 Å². The maximum atomic E-state index is 11.5. The van der Waals surface area contributed by atoms with Crippen LogP contribution in [0.5, 0.6) is 0 Å². The Kier molecular flexibility index (Phi) is 5.73. The Labute approximate surface area is 102 Å². The predicted octanol–water partition coefficient (Wildman–Crippen LogP) is 2.39. The van der Waals surface area contributed by atoms with Crippen molar-refractivity contribution in [2.75, 3.05) is 6.61 Å². The summed E-state index contributed by atoms with van der Waals surface area (Å²) in [4.78, 5) is 22.5. The van der Waals surface area contributed by atoms with E-state index in [9.17, 15) is 9.59 Å². The second kappa shape index (κ2) is 7.09. The topological polar surface area (TPSA) is 63.6 Å². The number of hydrogen-bond acceptors (Lipinski definition) is 3. The first-order valence-corrected chi connectivity index (χ1v) is 6.14. The third-order valence-electron chi connectivity index (χ3n) is 3.24. The zero-order valence-electron chi connectivity index (χ0n) is 10.1. The van der Waals surface area contributed by atoms with Gasteiger partial charge in [-0.15, -0.1) is 6.58 Å². The molecule has 1 unspecified atom stereocenters. The lowest BCUT2D eigenvalue weighted by Gasteiger charge is -2.30. The molecule has 1 aliphatic rings. The van der Waals surface area contributed by atoms with Gasteiger partial charge in [-0.25, -0.2) is 0 Å². The van der Waals surface area contributed by atoms with Crippen LogP contribution < -0.4 is 0 Å². The largest absolute Gasteiger partial charge is 0.481 e. The molecule has 0 spiro atoms. The Hall–Kier alpha value is -1.32. The van der Waals surface area contributed by atoms with Crippen molar-refractivity contribution in [1.82, 2.24) is 0 Å². The molecular formula is C13H20O4. The van der Waals surface area contributed by atoms with Gasteiger partial charge in [-0.1, -0.05) is 12.5 Å². The number of esters is 1. The minimum absolute atomic E-state index is 0.00803. The van der Waals surface area contributed by atoms with Crippen LogP contribution >= 0.6 is 0 Å². The molecule has 1 fully saturated rings.